The van der Waals surface area contributed by atoms with Gasteiger partial charge in [0.1, 0.15) is 11.5 Å². The van der Waals surface area contributed by atoms with E-state index in [1.807, 2.05) is 36.4 Å². The number of aromatic nitrogens is 1. The van der Waals surface area contributed by atoms with E-state index in [0.29, 0.717) is 32.1 Å². The van der Waals surface area contributed by atoms with E-state index in [-0.39, 0.29) is 11.7 Å². The zero-order valence-corrected chi connectivity index (χ0v) is 23.2. The summed E-state index contributed by atoms with van der Waals surface area (Å²) in [6.45, 7) is 9.58. The van der Waals surface area contributed by atoms with Crippen LogP contribution in [0.5, 0.6) is 5.75 Å². The monoisotopic (exact) mass is 535 g/mol. The Labute approximate surface area is 225 Å². The molecule has 0 bridgehead atoms. The molecule has 0 saturated carbocycles. The molecule has 2 aliphatic heterocycles. The Bertz CT molecular complexity index is 1550. The molecule has 2 aliphatic rings. The summed E-state index contributed by atoms with van der Waals surface area (Å²) in [7, 11) is 1.59. The first-order valence-corrected chi connectivity index (χ1v) is 13.8. The molecule has 0 N–H and O–H groups in total. The van der Waals surface area contributed by atoms with Crippen molar-refractivity contribution < 1.29 is 18.7 Å². The summed E-state index contributed by atoms with van der Waals surface area (Å²) in [6, 6.07) is 10.5. The van der Waals surface area contributed by atoms with Crippen molar-refractivity contribution in [3.05, 3.63) is 78.7 Å². The van der Waals surface area contributed by atoms with Gasteiger partial charge in [-0.1, -0.05) is 30.4 Å². The molecule has 0 spiro atoms. The lowest BCUT2D eigenvalue weighted by Gasteiger charge is -2.29. The molecule has 8 nitrogen and oxygen atoms in total. The van der Waals surface area contributed by atoms with E-state index in [1.54, 1.807) is 38.5 Å². The van der Waals surface area contributed by atoms with Gasteiger partial charge in [0.15, 0.2) is 10.7 Å². The normalized spacial score (nSPS) is 18.5. The van der Waals surface area contributed by atoms with Crippen LogP contribution in [0.15, 0.2) is 61.9 Å². The average Bonchev–Trinajstić information content (AvgIpc) is 3.47. The Balaban J connectivity index is 1.59. The Morgan fingerprint density at radius 3 is 2.68 bits per heavy atom. The molecule has 1 atom stereocenters. The minimum atomic E-state index is -0.697. The highest BCUT2D eigenvalue weighted by Crippen LogP contribution is 2.32. The molecule has 2 aromatic heterocycles. The van der Waals surface area contributed by atoms with Crippen molar-refractivity contribution in [1.82, 2.24) is 4.57 Å². The van der Waals surface area contributed by atoms with Crippen LogP contribution in [0.3, 0.4) is 0 Å². The van der Waals surface area contributed by atoms with Crippen molar-refractivity contribution in [2.75, 3.05) is 25.1 Å². The summed E-state index contributed by atoms with van der Waals surface area (Å²) >= 11 is 1.28. The number of allylic oxidation sites excluding steroid dienone is 1. The van der Waals surface area contributed by atoms with Crippen molar-refractivity contribution in [3.63, 3.8) is 0 Å². The fourth-order valence-electron chi connectivity index (χ4n) is 4.94. The van der Waals surface area contributed by atoms with Gasteiger partial charge < -0.3 is 18.8 Å². The van der Waals surface area contributed by atoms with Crippen LogP contribution in [0.1, 0.15) is 57.9 Å². The van der Waals surface area contributed by atoms with Crippen molar-refractivity contribution in [3.8, 4) is 5.75 Å². The molecular weight excluding hydrogens is 502 g/mol. The molecule has 0 amide bonds. The van der Waals surface area contributed by atoms with Crippen LogP contribution >= 0.6 is 11.3 Å². The summed E-state index contributed by atoms with van der Waals surface area (Å²) in [4.78, 5) is 34.5. The van der Waals surface area contributed by atoms with E-state index >= 15 is 0 Å². The smallest absolute Gasteiger partial charge is 0.338 e. The molecule has 9 heteroatoms. The third-order valence-corrected chi connectivity index (χ3v) is 7.96. The van der Waals surface area contributed by atoms with Crippen LogP contribution in [0.2, 0.25) is 0 Å². The van der Waals surface area contributed by atoms with Crippen LogP contribution < -0.4 is 24.5 Å². The van der Waals surface area contributed by atoms with Crippen molar-refractivity contribution in [1.29, 1.82) is 0 Å². The fourth-order valence-corrected chi connectivity index (χ4v) is 5.96. The highest BCUT2D eigenvalue weighted by Gasteiger charge is 2.34. The number of esters is 1. The van der Waals surface area contributed by atoms with Crippen molar-refractivity contribution >= 4 is 29.3 Å². The first kappa shape index (κ1) is 26.0. The van der Waals surface area contributed by atoms with Crippen molar-refractivity contribution in [2.45, 2.75) is 52.7 Å². The van der Waals surface area contributed by atoms with E-state index in [9.17, 15) is 9.59 Å². The third-order valence-electron chi connectivity index (χ3n) is 6.98. The number of hydrogen-bond acceptors (Lipinski definition) is 8. The summed E-state index contributed by atoms with van der Waals surface area (Å²) in [5, 5.41) is 0. The maximum Gasteiger partial charge on any atom is 0.338 e. The van der Waals surface area contributed by atoms with Crippen LogP contribution in [-0.2, 0) is 9.53 Å². The number of anilines is 1. The molecule has 4 heterocycles. The lowest BCUT2D eigenvalue weighted by molar-refractivity contribution is -0.143. The number of methoxy groups -OCH3 is 1. The molecule has 1 fully saturated rings. The average molecular weight is 536 g/mol. The number of furan rings is 1. The van der Waals surface area contributed by atoms with Gasteiger partial charge in [-0.25, -0.2) is 9.79 Å². The Hall–Kier alpha value is -3.59. The summed E-state index contributed by atoms with van der Waals surface area (Å²) < 4.78 is 19.2. The Morgan fingerprint density at radius 1 is 1.21 bits per heavy atom. The van der Waals surface area contributed by atoms with Gasteiger partial charge in [-0.15, -0.1) is 0 Å². The summed E-state index contributed by atoms with van der Waals surface area (Å²) in [6.07, 6.45) is 3.72. The van der Waals surface area contributed by atoms with Crippen LogP contribution in [0.25, 0.3) is 6.08 Å². The number of rotatable bonds is 6. The van der Waals surface area contributed by atoms with E-state index in [1.165, 1.54) is 11.3 Å². The standard InChI is InChI=1S/C29H33N3O5S/c1-17(2)36-28(34)25-19(4)30-29-32(26(25)20-7-6-8-21(15-20)35-5)27(33)23(38-29)16-22-9-10-24(37-22)31-13-11-18(3)12-14-31/h6-10,15-18,26H,11-14H2,1-5H3/b23-16-/t26-/m1/s1. The van der Waals surface area contributed by atoms with E-state index in [2.05, 4.69) is 16.8 Å². The minimum Gasteiger partial charge on any atom is -0.497 e. The van der Waals surface area contributed by atoms with Crippen LogP contribution in [0, 0.1) is 5.92 Å². The second-order valence-corrected chi connectivity index (χ2v) is 11.2. The number of piperidine rings is 1. The quantitative estimate of drug-likeness (QED) is 0.443. The van der Waals surface area contributed by atoms with E-state index in [4.69, 9.17) is 13.9 Å². The van der Waals surface area contributed by atoms with E-state index in [0.717, 1.165) is 43.3 Å². The zero-order valence-electron chi connectivity index (χ0n) is 22.4. The van der Waals surface area contributed by atoms with Gasteiger partial charge in [0.05, 0.1) is 35.1 Å². The van der Waals surface area contributed by atoms with Gasteiger partial charge in [-0.3, -0.25) is 9.36 Å². The van der Waals surface area contributed by atoms with Crippen LogP contribution in [-0.4, -0.2) is 36.8 Å². The SMILES string of the molecule is COc1cccc([C@@H]2C(C(=O)OC(C)C)=C(C)N=c3s/c(=C\c4ccc(N5CCC(C)CC5)o4)c(=O)n32)c1. The van der Waals surface area contributed by atoms with Gasteiger partial charge in [-0.05, 0) is 63.3 Å². The fraction of sp³-hybridized carbons (Fsp3) is 0.414. The highest BCUT2D eigenvalue weighted by molar-refractivity contribution is 7.07. The molecule has 0 aliphatic carbocycles. The number of nitrogens with zero attached hydrogens (tertiary/aromatic N) is 3. The molecule has 200 valence electrons. The van der Waals surface area contributed by atoms with Gasteiger partial charge in [0.2, 0.25) is 0 Å². The number of benzene rings is 1. The largest absolute Gasteiger partial charge is 0.497 e. The van der Waals surface area contributed by atoms with Crippen molar-refractivity contribution in [2.24, 2.45) is 10.9 Å². The number of ether oxygens (including phenoxy) is 2. The predicted molar refractivity (Wildman–Crippen MR) is 147 cm³/mol. The third kappa shape index (κ3) is 5.07. The molecule has 0 radical (unpaired) electrons. The Kier molecular flexibility index (Phi) is 7.29. The lowest BCUT2D eigenvalue weighted by Crippen LogP contribution is -2.40. The summed E-state index contributed by atoms with van der Waals surface area (Å²) in [5.41, 5.74) is 1.36. The lowest BCUT2D eigenvalue weighted by atomic mass is 9.95. The second kappa shape index (κ2) is 10.6. The minimum absolute atomic E-state index is 0.242. The zero-order chi connectivity index (χ0) is 27.0. The van der Waals surface area contributed by atoms with Gasteiger partial charge in [0, 0.05) is 25.2 Å². The molecular formula is C29H33N3O5S. The molecule has 1 saturated heterocycles. The van der Waals surface area contributed by atoms with Gasteiger partial charge in [0.25, 0.3) is 5.56 Å². The Morgan fingerprint density at radius 2 is 1.97 bits per heavy atom. The highest BCUT2D eigenvalue weighted by atomic mass is 32.1. The topological polar surface area (TPSA) is 86.3 Å². The van der Waals surface area contributed by atoms with Crippen LogP contribution in [0.4, 0.5) is 5.88 Å². The molecule has 5 rings (SSSR count). The van der Waals surface area contributed by atoms with Gasteiger partial charge >= 0.3 is 5.97 Å². The number of carbonyl (C=O) groups excluding carboxylic acids is 1. The number of thiazole rings is 1. The molecule has 1 aromatic carbocycles. The number of hydrogen-bond donors (Lipinski definition) is 0. The number of fused-ring (bicyclic) bond motifs is 1. The maximum absolute atomic E-state index is 13.8. The maximum atomic E-state index is 13.8. The number of carbonyl (C=O) groups is 1. The second-order valence-electron chi connectivity index (χ2n) is 10.2. The summed E-state index contributed by atoms with van der Waals surface area (Å²) in [5.74, 6) is 2.29. The predicted octanol–water partition coefficient (Wildman–Crippen LogP) is 4.02. The molecule has 0 unspecified atom stereocenters. The first-order chi connectivity index (χ1) is 18.2. The molecule has 3 aromatic rings. The first-order valence-electron chi connectivity index (χ1n) is 13.0. The van der Waals surface area contributed by atoms with E-state index < -0.39 is 12.0 Å². The van der Waals surface area contributed by atoms with Gasteiger partial charge in [-0.2, -0.15) is 0 Å². The molecule has 38 heavy (non-hydrogen) atoms.